The fourth-order valence-electron chi connectivity index (χ4n) is 2.07. The minimum absolute atomic E-state index is 0.0489. The van der Waals surface area contributed by atoms with Crippen molar-refractivity contribution < 1.29 is 4.52 Å². The SMILES string of the molecule is Cc1ccc(N)c(NC(C)c2c(C)noc2C)n1. The lowest BCUT2D eigenvalue weighted by atomic mass is 10.1. The Labute approximate surface area is 106 Å². The van der Waals surface area contributed by atoms with Crippen molar-refractivity contribution in [3.63, 3.8) is 0 Å². The van der Waals surface area contributed by atoms with Crippen molar-refractivity contribution in [2.45, 2.75) is 33.7 Å². The van der Waals surface area contributed by atoms with E-state index in [2.05, 4.69) is 15.5 Å². The second kappa shape index (κ2) is 4.68. The second-order valence-electron chi connectivity index (χ2n) is 4.49. The third-order valence-electron chi connectivity index (χ3n) is 2.94. The van der Waals surface area contributed by atoms with E-state index >= 15 is 0 Å². The summed E-state index contributed by atoms with van der Waals surface area (Å²) in [6, 6.07) is 3.79. The summed E-state index contributed by atoms with van der Waals surface area (Å²) >= 11 is 0. The summed E-state index contributed by atoms with van der Waals surface area (Å²) in [6.07, 6.45) is 0. The number of aryl methyl sites for hydroxylation is 3. The zero-order valence-electron chi connectivity index (χ0n) is 11.1. The fourth-order valence-corrected chi connectivity index (χ4v) is 2.07. The molecule has 2 aromatic heterocycles. The molecule has 96 valence electrons. The highest BCUT2D eigenvalue weighted by Gasteiger charge is 2.17. The van der Waals surface area contributed by atoms with Crippen LogP contribution < -0.4 is 11.1 Å². The number of anilines is 2. The summed E-state index contributed by atoms with van der Waals surface area (Å²) < 4.78 is 5.17. The first-order valence-electron chi connectivity index (χ1n) is 5.91. The lowest BCUT2D eigenvalue weighted by molar-refractivity contribution is 0.392. The van der Waals surface area contributed by atoms with Gasteiger partial charge in [0, 0.05) is 11.3 Å². The number of hydrogen-bond acceptors (Lipinski definition) is 5. The maximum atomic E-state index is 5.90. The Morgan fingerprint density at radius 3 is 2.61 bits per heavy atom. The number of nitrogens with one attached hydrogen (secondary N) is 1. The molecule has 0 aliphatic carbocycles. The van der Waals surface area contributed by atoms with E-state index < -0.39 is 0 Å². The molecule has 0 spiro atoms. The lowest BCUT2D eigenvalue weighted by Crippen LogP contribution is -2.11. The Hall–Kier alpha value is -2.04. The Bertz CT molecular complexity index is 543. The van der Waals surface area contributed by atoms with Crippen LogP contribution in [0.4, 0.5) is 11.5 Å². The average molecular weight is 246 g/mol. The molecule has 0 saturated heterocycles. The van der Waals surface area contributed by atoms with Gasteiger partial charge in [0.05, 0.1) is 17.4 Å². The summed E-state index contributed by atoms with van der Waals surface area (Å²) in [5, 5.41) is 7.25. The van der Waals surface area contributed by atoms with Gasteiger partial charge in [-0.3, -0.25) is 0 Å². The van der Waals surface area contributed by atoms with Crippen molar-refractivity contribution in [2.75, 3.05) is 11.1 Å². The van der Waals surface area contributed by atoms with Gasteiger partial charge >= 0.3 is 0 Å². The molecule has 18 heavy (non-hydrogen) atoms. The monoisotopic (exact) mass is 246 g/mol. The van der Waals surface area contributed by atoms with Gasteiger partial charge in [0.1, 0.15) is 11.6 Å². The molecule has 2 heterocycles. The van der Waals surface area contributed by atoms with Crippen molar-refractivity contribution >= 4 is 11.5 Å². The highest BCUT2D eigenvalue weighted by Crippen LogP contribution is 2.26. The molecule has 1 unspecified atom stereocenters. The van der Waals surface area contributed by atoms with E-state index in [0.717, 1.165) is 22.7 Å². The first-order chi connectivity index (χ1) is 8.49. The van der Waals surface area contributed by atoms with E-state index in [1.54, 1.807) is 0 Å². The minimum atomic E-state index is 0.0489. The van der Waals surface area contributed by atoms with Gasteiger partial charge < -0.3 is 15.6 Å². The quantitative estimate of drug-likeness (QED) is 0.870. The number of nitrogens with zero attached hydrogens (tertiary/aromatic N) is 2. The van der Waals surface area contributed by atoms with Gasteiger partial charge in [0.15, 0.2) is 0 Å². The predicted octanol–water partition coefficient (Wildman–Crippen LogP) is 2.75. The van der Waals surface area contributed by atoms with Crippen LogP contribution in [0.25, 0.3) is 0 Å². The standard InChI is InChI=1S/C13H18N4O/c1-7-5-6-11(14)13(15-7)16-8(2)12-9(3)17-18-10(12)4/h5-6,8H,14H2,1-4H3,(H,15,16). The van der Waals surface area contributed by atoms with Crippen LogP contribution in [0.3, 0.4) is 0 Å². The molecule has 0 aliphatic heterocycles. The van der Waals surface area contributed by atoms with E-state index in [1.807, 2.05) is 39.8 Å². The second-order valence-corrected chi connectivity index (χ2v) is 4.49. The Kier molecular flexibility index (Phi) is 3.23. The highest BCUT2D eigenvalue weighted by atomic mass is 16.5. The van der Waals surface area contributed by atoms with Crippen LogP contribution in [0.2, 0.25) is 0 Å². The summed E-state index contributed by atoms with van der Waals surface area (Å²) in [5.74, 6) is 1.52. The Morgan fingerprint density at radius 2 is 2.00 bits per heavy atom. The molecule has 0 fully saturated rings. The molecular formula is C13H18N4O. The van der Waals surface area contributed by atoms with Crippen LogP contribution in [-0.2, 0) is 0 Å². The van der Waals surface area contributed by atoms with Crippen LogP contribution in [0.1, 0.15) is 35.7 Å². The van der Waals surface area contributed by atoms with Crippen molar-refractivity contribution in [1.29, 1.82) is 0 Å². The summed E-state index contributed by atoms with van der Waals surface area (Å²) in [6.45, 7) is 7.80. The molecule has 2 aromatic rings. The molecular weight excluding hydrogens is 228 g/mol. The van der Waals surface area contributed by atoms with Gasteiger partial charge in [-0.15, -0.1) is 0 Å². The number of nitrogens with two attached hydrogens (primary N) is 1. The maximum Gasteiger partial charge on any atom is 0.149 e. The fraction of sp³-hybridized carbons (Fsp3) is 0.385. The Morgan fingerprint density at radius 1 is 1.28 bits per heavy atom. The highest BCUT2D eigenvalue weighted by molar-refractivity contribution is 5.62. The zero-order chi connectivity index (χ0) is 13.3. The van der Waals surface area contributed by atoms with E-state index in [9.17, 15) is 0 Å². The first-order valence-corrected chi connectivity index (χ1v) is 5.91. The third-order valence-corrected chi connectivity index (χ3v) is 2.94. The molecule has 5 nitrogen and oxygen atoms in total. The van der Waals surface area contributed by atoms with Gasteiger partial charge in [0.2, 0.25) is 0 Å². The molecule has 0 amide bonds. The average Bonchev–Trinajstić information content (AvgIpc) is 2.63. The number of pyridine rings is 1. The largest absolute Gasteiger partial charge is 0.396 e. The summed E-state index contributed by atoms with van der Waals surface area (Å²) in [5.41, 5.74) is 9.41. The summed E-state index contributed by atoms with van der Waals surface area (Å²) in [4.78, 5) is 4.39. The zero-order valence-corrected chi connectivity index (χ0v) is 11.1. The molecule has 0 aromatic carbocycles. The van der Waals surface area contributed by atoms with Crippen LogP contribution in [0.5, 0.6) is 0 Å². The predicted molar refractivity (Wildman–Crippen MR) is 71.4 cm³/mol. The molecule has 1 atom stereocenters. The van der Waals surface area contributed by atoms with E-state index in [4.69, 9.17) is 10.3 Å². The Balaban J connectivity index is 2.26. The van der Waals surface area contributed by atoms with Gasteiger partial charge in [-0.1, -0.05) is 5.16 Å². The van der Waals surface area contributed by atoms with Crippen molar-refractivity contribution in [3.8, 4) is 0 Å². The number of rotatable bonds is 3. The van der Waals surface area contributed by atoms with Crippen molar-refractivity contribution in [1.82, 2.24) is 10.1 Å². The van der Waals surface area contributed by atoms with Gasteiger partial charge in [-0.2, -0.15) is 0 Å². The molecule has 0 radical (unpaired) electrons. The number of nitrogen functional groups attached to an aromatic ring is 1. The van der Waals surface area contributed by atoms with Crippen molar-refractivity contribution in [3.05, 3.63) is 34.8 Å². The minimum Gasteiger partial charge on any atom is -0.396 e. The molecule has 0 aliphatic rings. The van der Waals surface area contributed by atoms with E-state index in [0.29, 0.717) is 11.5 Å². The topological polar surface area (TPSA) is 77.0 Å². The number of hydrogen-bond donors (Lipinski definition) is 2. The van der Waals surface area contributed by atoms with Gasteiger partial charge in [0.25, 0.3) is 0 Å². The third kappa shape index (κ3) is 2.30. The van der Waals surface area contributed by atoms with E-state index in [1.165, 1.54) is 0 Å². The van der Waals surface area contributed by atoms with E-state index in [-0.39, 0.29) is 6.04 Å². The maximum absolute atomic E-state index is 5.90. The molecule has 5 heteroatoms. The van der Waals surface area contributed by atoms with Gasteiger partial charge in [-0.25, -0.2) is 4.98 Å². The number of aromatic nitrogens is 2. The molecule has 3 N–H and O–H groups in total. The first kappa shape index (κ1) is 12.4. The van der Waals surface area contributed by atoms with Crippen LogP contribution in [-0.4, -0.2) is 10.1 Å². The van der Waals surface area contributed by atoms with Crippen LogP contribution >= 0.6 is 0 Å². The smallest absolute Gasteiger partial charge is 0.149 e. The lowest BCUT2D eigenvalue weighted by Gasteiger charge is -2.16. The van der Waals surface area contributed by atoms with Gasteiger partial charge in [-0.05, 0) is 39.8 Å². The summed E-state index contributed by atoms with van der Waals surface area (Å²) in [7, 11) is 0. The molecule has 0 saturated carbocycles. The van der Waals surface area contributed by atoms with Crippen LogP contribution in [0.15, 0.2) is 16.7 Å². The van der Waals surface area contributed by atoms with Crippen molar-refractivity contribution in [2.24, 2.45) is 0 Å². The molecule has 2 rings (SSSR count). The normalized spacial score (nSPS) is 12.4. The molecule has 0 bridgehead atoms. The van der Waals surface area contributed by atoms with Crippen LogP contribution in [0, 0.1) is 20.8 Å².